The van der Waals surface area contributed by atoms with E-state index in [9.17, 15) is 4.79 Å². The summed E-state index contributed by atoms with van der Waals surface area (Å²) < 4.78 is 34.9. The third-order valence-corrected chi connectivity index (χ3v) is 7.29. The lowest BCUT2D eigenvalue weighted by molar-refractivity contribution is -0.0178. The van der Waals surface area contributed by atoms with Gasteiger partial charge in [0.15, 0.2) is 5.69 Å². The molecule has 4 heterocycles. The van der Waals surface area contributed by atoms with Crippen LogP contribution in [-0.4, -0.2) is 69.0 Å². The number of methoxy groups -OCH3 is 1. The Kier molecular flexibility index (Phi) is 5.62. The van der Waals surface area contributed by atoms with Gasteiger partial charge in [-0.2, -0.15) is 4.98 Å². The highest BCUT2D eigenvalue weighted by Crippen LogP contribution is 2.40. The summed E-state index contributed by atoms with van der Waals surface area (Å²) in [5.74, 6) is 0.161. The maximum absolute atomic E-state index is 15.0. The molecule has 1 saturated heterocycles. The van der Waals surface area contributed by atoms with Crippen LogP contribution in [0.25, 0.3) is 28.1 Å². The molecule has 1 aliphatic carbocycles. The molecule has 0 unspecified atom stereocenters. The third kappa shape index (κ3) is 3.65. The monoisotopic (exact) mass is 482 g/mol. The van der Waals surface area contributed by atoms with Crippen LogP contribution >= 0.6 is 0 Å². The van der Waals surface area contributed by atoms with Crippen LogP contribution < -0.4 is 5.56 Å². The first-order valence-electron chi connectivity index (χ1n) is 12.0. The number of halogens is 1. The van der Waals surface area contributed by atoms with E-state index in [2.05, 4.69) is 20.0 Å². The SMILES string of the molecule is COC1(c2noc(-c3ncn4c3c(=O)n(CCN3CCOCC3)c3c(F)cccc34)n2)CCCC1. The number of hydrogen-bond donors (Lipinski definition) is 0. The summed E-state index contributed by atoms with van der Waals surface area (Å²) in [6.07, 6.45) is 5.17. The van der Waals surface area contributed by atoms with Crippen molar-refractivity contribution in [2.24, 2.45) is 0 Å². The van der Waals surface area contributed by atoms with E-state index in [1.54, 1.807) is 23.6 Å². The highest BCUT2D eigenvalue weighted by molar-refractivity contribution is 5.83. The van der Waals surface area contributed by atoms with E-state index < -0.39 is 11.4 Å². The molecular weight excluding hydrogens is 455 g/mol. The molecule has 35 heavy (non-hydrogen) atoms. The van der Waals surface area contributed by atoms with Crippen molar-refractivity contribution in [1.29, 1.82) is 0 Å². The van der Waals surface area contributed by atoms with Crippen molar-refractivity contribution in [2.45, 2.75) is 37.8 Å². The minimum Gasteiger partial charge on any atom is -0.379 e. The number of nitrogens with zero attached hydrogens (tertiary/aromatic N) is 6. The number of imidazole rings is 1. The molecule has 0 spiro atoms. The van der Waals surface area contributed by atoms with E-state index in [4.69, 9.17) is 14.0 Å². The lowest BCUT2D eigenvalue weighted by Gasteiger charge is -2.27. The number of benzene rings is 1. The first-order chi connectivity index (χ1) is 17.1. The molecule has 6 rings (SSSR count). The van der Waals surface area contributed by atoms with Crippen molar-refractivity contribution in [3.05, 3.63) is 46.5 Å². The Morgan fingerprint density at radius 2 is 1.94 bits per heavy atom. The molecule has 4 aromatic rings. The quantitative estimate of drug-likeness (QED) is 0.414. The smallest absolute Gasteiger partial charge is 0.279 e. The molecule has 0 N–H and O–H groups in total. The summed E-state index contributed by atoms with van der Waals surface area (Å²) in [5, 5.41) is 4.18. The highest BCUT2D eigenvalue weighted by atomic mass is 19.1. The number of ether oxygens (including phenoxy) is 2. The molecule has 2 fully saturated rings. The second kappa shape index (κ2) is 8.81. The molecule has 11 heteroatoms. The summed E-state index contributed by atoms with van der Waals surface area (Å²) >= 11 is 0. The van der Waals surface area contributed by atoms with Gasteiger partial charge in [0.25, 0.3) is 11.4 Å². The lowest BCUT2D eigenvalue weighted by Crippen LogP contribution is -2.39. The molecule has 0 amide bonds. The molecule has 1 saturated carbocycles. The van der Waals surface area contributed by atoms with Crippen LogP contribution in [0.1, 0.15) is 31.5 Å². The largest absolute Gasteiger partial charge is 0.379 e. The number of aromatic nitrogens is 5. The zero-order valence-electron chi connectivity index (χ0n) is 19.6. The fourth-order valence-electron chi connectivity index (χ4n) is 5.34. The Labute approximate surface area is 200 Å². The summed E-state index contributed by atoms with van der Waals surface area (Å²) in [7, 11) is 1.65. The van der Waals surface area contributed by atoms with E-state index in [-0.39, 0.29) is 28.2 Å². The Balaban J connectivity index is 1.47. The molecule has 184 valence electrons. The Morgan fingerprint density at radius 1 is 1.14 bits per heavy atom. The topological polar surface area (TPSA) is 99.9 Å². The number of fused-ring (bicyclic) bond motifs is 3. The third-order valence-electron chi connectivity index (χ3n) is 7.29. The molecule has 10 nitrogen and oxygen atoms in total. The van der Waals surface area contributed by atoms with E-state index in [1.165, 1.54) is 17.0 Å². The van der Waals surface area contributed by atoms with Gasteiger partial charge in [-0.05, 0) is 37.8 Å². The predicted molar refractivity (Wildman–Crippen MR) is 125 cm³/mol. The van der Waals surface area contributed by atoms with Crippen LogP contribution in [0.3, 0.4) is 0 Å². The van der Waals surface area contributed by atoms with E-state index in [0.29, 0.717) is 37.6 Å². The van der Waals surface area contributed by atoms with Gasteiger partial charge in [-0.15, -0.1) is 0 Å². The summed E-state index contributed by atoms with van der Waals surface area (Å²) in [4.78, 5) is 25.0. The van der Waals surface area contributed by atoms with Crippen LogP contribution in [0, 0.1) is 5.82 Å². The molecule has 2 aliphatic rings. The minimum absolute atomic E-state index is 0.151. The van der Waals surface area contributed by atoms with Crippen molar-refractivity contribution >= 4 is 16.6 Å². The van der Waals surface area contributed by atoms with Crippen molar-refractivity contribution < 1.29 is 18.4 Å². The van der Waals surface area contributed by atoms with Crippen molar-refractivity contribution in [2.75, 3.05) is 40.0 Å². The van der Waals surface area contributed by atoms with E-state index in [0.717, 1.165) is 38.8 Å². The standard InChI is InChI=1S/C24H27FN6O4/c1-33-24(7-2-3-8-24)23-27-21(35-28-23)18-20-22(32)30(10-9-29-11-13-34-14-12-29)19-16(25)5-4-6-17(19)31(20)15-26-18/h4-6,15H,2-3,7-14H2,1H3. The minimum atomic E-state index is -0.578. The number of rotatable bonds is 6. The normalized spacial score (nSPS) is 18.7. The fraction of sp³-hybridized carbons (Fsp3) is 0.500. The van der Waals surface area contributed by atoms with Gasteiger partial charge in [0, 0.05) is 33.3 Å². The molecular formula is C24H27FN6O4. The average molecular weight is 483 g/mol. The van der Waals surface area contributed by atoms with Gasteiger partial charge < -0.3 is 18.6 Å². The van der Waals surface area contributed by atoms with Gasteiger partial charge >= 0.3 is 0 Å². The Hall–Kier alpha value is -3.15. The van der Waals surface area contributed by atoms with Gasteiger partial charge in [-0.25, -0.2) is 9.37 Å². The fourth-order valence-corrected chi connectivity index (χ4v) is 5.34. The van der Waals surface area contributed by atoms with Gasteiger partial charge in [-0.1, -0.05) is 11.2 Å². The van der Waals surface area contributed by atoms with Crippen molar-refractivity contribution in [3.8, 4) is 11.6 Å². The number of morpholine rings is 1. The summed E-state index contributed by atoms with van der Waals surface area (Å²) in [5.41, 5.74) is 0.417. The maximum Gasteiger partial charge on any atom is 0.279 e. The van der Waals surface area contributed by atoms with Crippen molar-refractivity contribution in [3.63, 3.8) is 0 Å². The van der Waals surface area contributed by atoms with Gasteiger partial charge in [0.2, 0.25) is 5.82 Å². The average Bonchev–Trinajstić information content (AvgIpc) is 3.64. The van der Waals surface area contributed by atoms with E-state index >= 15 is 4.39 Å². The Morgan fingerprint density at radius 3 is 2.71 bits per heavy atom. The molecule has 0 atom stereocenters. The van der Waals surface area contributed by atoms with Gasteiger partial charge in [0.1, 0.15) is 28.8 Å². The number of para-hydroxylation sites is 1. The first-order valence-corrected chi connectivity index (χ1v) is 12.0. The highest BCUT2D eigenvalue weighted by Gasteiger charge is 2.40. The lowest BCUT2D eigenvalue weighted by atomic mass is 10.0. The van der Waals surface area contributed by atoms with Crippen LogP contribution in [0.4, 0.5) is 4.39 Å². The maximum atomic E-state index is 15.0. The zero-order chi connectivity index (χ0) is 24.0. The molecule has 3 aromatic heterocycles. The first kappa shape index (κ1) is 22.3. The summed E-state index contributed by atoms with van der Waals surface area (Å²) in [6.45, 7) is 3.80. The summed E-state index contributed by atoms with van der Waals surface area (Å²) in [6, 6.07) is 4.77. The van der Waals surface area contributed by atoms with Crippen molar-refractivity contribution in [1.82, 2.24) is 29.0 Å². The van der Waals surface area contributed by atoms with Crippen LogP contribution in [0.2, 0.25) is 0 Å². The van der Waals surface area contributed by atoms with Gasteiger partial charge in [-0.3, -0.25) is 14.1 Å². The van der Waals surface area contributed by atoms with Gasteiger partial charge in [0.05, 0.1) is 18.7 Å². The van der Waals surface area contributed by atoms with Crippen LogP contribution in [-0.2, 0) is 21.6 Å². The van der Waals surface area contributed by atoms with Crippen LogP contribution in [0.15, 0.2) is 33.8 Å². The van der Waals surface area contributed by atoms with E-state index in [1.807, 2.05) is 0 Å². The zero-order valence-corrected chi connectivity index (χ0v) is 19.6. The predicted octanol–water partition coefficient (Wildman–Crippen LogP) is 2.59. The number of hydrogen-bond acceptors (Lipinski definition) is 8. The molecule has 0 bridgehead atoms. The second-order valence-corrected chi connectivity index (χ2v) is 9.16. The molecule has 0 radical (unpaired) electrons. The molecule has 1 aromatic carbocycles. The Bertz CT molecular complexity index is 1430. The van der Waals surface area contributed by atoms with Crippen LogP contribution in [0.5, 0.6) is 0 Å². The second-order valence-electron chi connectivity index (χ2n) is 9.16. The molecule has 1 aliphatic heterocycles.